The summed E-state index contributed by atoms with van der Waals surface area (Å²) in [7, 11) is 0. The predicted octanol–water partition coefficient (Wildman–Crippen LogP) is 2.52. The van der Waals surface area contributed by atoms with Crippen LogP contribution in [0, 0.1) is 29.4 Å². The number of hydrogen-bond acceptors (Lipinski definition) is 3. The van der Waals surface area contributed by atoms with Crippen LogP contribution >= 0.6 is 0 Å². The standard InChI is InChI=1S/C21H18F2N2O3/c22-16-7-9-17(10-8-16)25-14-15(13-20(25)26)21(27)24-11-3-4-12-28-19-6-2-1-5-18(19)23/h1-2,5-10,15H,11-14H2,(H,24,27). The number of anilines is 1. The Kier molecular flexibility index (Phi) is 6.22. The third-order valence-corrected chi connectivity index (χ3v) is 4.25. The second kappa shape index (κ2) is 9.00. The van der Waals surface area contributed by atoms with Gasteiger partial charge in [-0.05, 0) is 36.4 Å². The van der Waals surface area contributed by atoms with Gasteiger partial charge >= 0.3 is 0 Å². The van der Waals surface area contributed by atoms with Gasteiger partial charge in [0.25, 0.3) is 0 Å². The van der Waals surface area contributed by atoms with Gasteiger partial charge < -0.3 is 15.0 Å². The number of nitrogens with zero attached hydrogens (tertiary/aromatic N) is 1. The number of nitrogens with one attached hydrogen (secondary N) is 1. The summed E-state index contributed by atoms with van der Waals surface area (Å²) in [6, 6.07) is 11.6. The lowest BCUT2D eigenvalue weighted by Crippen LogP contribution is -2.33. The number of halogens is 2. The fraction of sp³-hybridized carbons (Fsp3) is 0.238. The average Bonchev–Trinajstić information content (AvgIpc) is 3.08. The van der Waals surface area contributed by atoms with Crippen LogP contribution in [0.3, 0.4) is 0 Å². The first-order chi connectivity index (χ1) is 13.5. The second-order valence-electron chi connectivity index (χ2n) is 6.17. The molecule has 0 saturated carbocycles. The molecule has 2 aromatic carbocycles. The molecule has 144 valence electrons. The van der Waals surface area contributed by atoms with Gasteiger partial charge in [-0.3, -0.25) is 9.59 Å². The van der Waals surface area contributed by atoms with Crippen molar-refractivity contribution in [3.63, 3.8) is 0 Å². The summed E-state index contributed by atoms with van der Waals surface area (Å²) in [5.41, 5.74) is 0.562. The molecule has 0 spiro atoms. The van der Waals surface area contributed by atoms with Crippen molar-refractivity contribution in [2.24, 2.45) is 5.92 Å². The number of para-hydroxylation sites is 1. The van der Waals surface area contributed by atoms with Crippen LogP contribution in [0.2, 0.25) is 0 Å². The Morgan fingerprint density at radius 3 is 2.64 bits per heavy atom. The molecule has 0 radical (unpaired) electrons. The monoisotopic (exact) mass is 384 g/mol. The van der Waals surface area contributed by atoms with Crippen LogP contribution in [-0.2, 0) is 9.59 Å². The van der Waals surface area contributed by atoms with Crippen molar-refractivity contribution in [3.8, 4) is 17.6 Å². The Morgan fingerprint density at radius 1 is 1.14 bits per heavy atom. The van der Waals surface area contributed by atoms with Gasteiger partial charge in [-0.25, -0.2) is 8.78 Å². The molecule has 1 saturated heterocycles. The van der Waals surface area contributed by atoms with Gasteiger partial charge in [-0.15, -0.1) is 0 Å². The molecular formula is C21H18F2N2O3. The molecule has 7 heteroatoms. The topological polar surface area (TPSA) is 58.6 Å². The Labute approximate surface area is 161 Å². The Balaban J connectivity index is 1.44. The Morgan fingerprint density at radius 2 is 1.89 bits per heavy atom. The molecule has 1 unspecified atom stereocenters. The number of ether oxygens (including phenoxy) is 1. The number of rotatable bonds is 5. The van der Waals surface area contributed by atoms with E-state index in [1.54, 1.807) is 12.1 Å². The van der Waals surface area contributed by atoms with Crippen LogP contribution in [0.25, 0.3) is 0 Å². The van der Waals surface area contributed by atoms with Gasteiger partial charge in [0.15, 0.2) is 11.6 Å². The zero-order chi connectivity index (χ0) is 19.9. The molecule has 0 aliphatic carbocycles. The summed E-state index contributed by atoms with van der Waals surface area (Å²) in [5.74, 6) is 3.72. The van der Waals surface area contributed by atoms with E-state index in [1.165, 1.54) is 41.3 Å². The van der Waals surface area contributed by atoms with Crippen molar-refractivity contribution in [2.45, 2.75) is 6.42 Å². The zero-order valence-corrected chi connectivity index (χ0v) is 15.0. The molecule has 3 rings (SSSR count). The van der Waals surface area contributed by atoms with Gasteiger partial charge in [0.2, 0.25) is 11.8 Å². The summed E-state index contributed by atoms with van der Waals surface area (Å²) >= 11 is 0. The maximum absolute atomic E-state index is 13.4. The lowest BCUT2D eigenvalue weighted by molar-refractivity contribution is -0.126. The molecule has 1 N–H and O–H groups in total. The van der Waals surface area contributed by atoms with E-state index in [-0.39, 0.29) is 49.5 Å². The summed E-state index contributed by atoms with van der Waals surface area (Å²) in [6.45, 7) is 0.331. The molecular weight excluding hydrogens is 366 g/mol. The van der Waals surface area contributed by atoms with E-state index in [1.807, 2.05) is 0 Å². The highest BCUT2D eigenvalue weighted by atomic mass is 19.1. The van der Waals surface area contributed by atoms with Crippen LogP contribution in [0.5, 0.6) is 5.75 Å². The van der Waals surface area contributed by atoms with Gasteiger partial charge in [0.05, 0.1) is 12.5 Å². The lowest BCUT2D eigenvalue weighted by Gasteiger charge is -2.16. The van der Waals surface area contributed by atoms with Crippen molar-refractivity contribution < 1.29 is 23.1 Å². The third-order valence-electron chi connectivity index (χ3n) is 4.25. The van der Waals surface area contributed by atoms with E-state index < -0.39 is 11.7 Å². The highest BCUT2D eigenvalue weighted by Gasteiger charge is 2.34. The molecule has 2 aromatic rings. The fourth-order valence-corrected chi connectivity index (χ4v) is 2.82. The van der Waals surface area contributed by atoms with Crippen LogP contribution in [-0.4, -0.2) is 31.5 Å². The average molecular weight is 384 g/mol. The lowest BCUT2D eigenvalue weighted by atomic mass is 10.1. The van der Waals surface area contributed by atoms with Gasteiger partial charge in [0, 0.05) is 18.7 Å². The first-order valence-corrected chi connectivity index (χ1v) is 8.71. The van der Waals surface area contributed by atoms with E-state index in [9.17, 15) is 18.4 Å². The van der Waals surface area contributed by atoms with E-state index in [4.69, 9.17) is 4.74 Å². The number of carbonyl (C=O) groups excluding carboxylic acids is 2. The van der Waals surface area contributed by atoms with E-state index in [2.05, 4.69) is 17.2 Å². The van der Waals surface area contributed by atoms with Gasteiger partial charge in [-0.2, -0.15) is 0 Å². The highest BCUT2D eigenvalue weighted by Crippen LogP contribution is 2.25. The Hall–Kier alpha value is -3.40. The van der Waals surface area contributed by atoms with Crippen molar-refractivity contribution in [3.05, 3.63) is 60.2 Å². The predicted molar refractivity (Wildman–Crippen MR) is 99.5 cm³/mol. The fourth-order valence-electron chi connectivity index (χ4n) is 2.82. The number of hydrogen-bond donors (Lipinski definition) is 1. The second-order valence-corrected chi connectivity index (χ2v) is 6.17. The first-order valence-electron chi connectivity index (χ1n) is 8.71. The number of benzene rings is 2. The van der Waals surface area contributed by atoms with Crippen LogP contribution in [0.15, 0.2) is 48.5 Å². The van der Waals surface area contributed by atoms with E-state index >= 15 is 0 Å². The zero-order valence-electron chi connectivity index (χ0n) is 15.0. The first kappa shape index (κ1) is 19.4. The highest BCUT2D eigenvalue weighted by molar-refractivity contribution is 6.00. The summed E-state index contributed by atoms with van der Waals surface area (Å²) in [6.07, 6.45) is 0.0903. The number of carbonyl (C=O) groups is 2. The van der Waals surface area contributed by atoms with E-state index in [0.717, 1.165) is 0 Å². The normalized spacial score (nSPS) is 15.7. The van der Waals surface area contributed by atoms with Crippen LogP contribution in [0.1, 0.15) is 6.42 Å². The maximum atomic E-state index is 13.4. The smallest absolute Gasteiger partial charge is 0.227 e. The van der Waals surface area contributed by atoms with Gasteiger partial charge in [0.1, 0.15) is 12.4 Å². The van der Waals surface area contributed by atoms with Crippen molar-refractivity contribution in [1.29, 1.82) is 0 Å². The minimum atomic E-state index is -0.492. The summed E-state index contributed by atoms with van der Waals surface area (Å²) in [5, 5.41) is 2.66. The number of amides is 2. The minimum Gasteiger partial charge on any atom is -0.478 e. The van der Waals surface area contributed by atoms with Gasteiger partial charge in [-0.1, -0.05) is 24.0 Å². The minimum absolute atomic E-state index is 0.00291. The quantitative estimate of drug-likeness (QED) is 0.806. The van der Waals surface area contributed by atoms with Crippen molar-refractivity contribution >= 4 is 17.5 Å². The molecule has 0 bridgehead atoms. The SMILES string of the molecule is O=C(NCC#CCOc1ccccc1F)C1CC(=O)N(c2ccc(F)cc2)C1. The third kappa shape index (κ3) is 4.86. The van der Waals surface area contributed by atoms with Crippen LogP contribution in [0.4, 0.5) is 14.5 Å². The molecule has 1 fully saturated rings. The molecule has 1 atom stereocenters. The molecule has 1 heterocycles. The van der Waals surface area contributed by atoms with Crippen LogP contribution < -0.4 is 15.0 Å². The summed E-state index contributed by atoms with van der Waals surface area (Å²) < 4.78 is 31.6. The maximum Gasteiger partial charge on any atom is 0.227 e. The molecule has 5 nitrogen and oxygen atoms in total. The molecule has 2 amide bonds. The van der Waals surface area contributed by atoms with Crippen molar-refractivity contribution in [2.75, 3.05) is 24.6 Å². The Bertz CT molecular complexity index is 919. The largest absolute Gasteiger partial charge is 0.478 e. The molecule has 28 heavy (non-hydrogen) atoms. The molecule has 0 aromatic heterocycles. The summed E-state index contributed by atoms with van der Waals surface area (Å²) in [4.78, 5) is 25.8. The van der Waals surface area contributed by atoms with E-state index in [0.29, 0.717) is 5.69 Å². The molecule has 1 aliphatic rings. The molecule has 1 aliphatic heterocycles. The van der Waals surface area contributed by atoms with Crippen molar-refractivity contribution in [1.82, 2.24) is 5.32 Å².